The zero-order chi connectivity index (χ0) is 16.9. The summed E-state index contributed by atoms with van der Waals surface area (Å²) in [6.07, 6.45) is 3.72. The molecule has 0 aliphatic carbocycles. The monoisotopic (exact) mass is 328 g/mol. The van der Waals surface area contributed by atoms with E-state index in [9.17, 15) is 4.79 Å². The van der Waals surface area contributed by atoms with Crippen molar-refractivity contribution in [3.8, 4) is 5.88 Å². The summed E-state index contributed by atoms with van der Waals surface area (Å²) in [5.41, 5.74) is 2.35. The summed E-state index contributed by atoms with van der Waals surface area (Å²) in [7, 11) is 3.41. The first-order valence-corrected chi connectivity index (χ1v) is 8.23. The number of hydrogen-bond donors (Lipinski definition) is 0. The maximum Gasteiger partial charge on any atom is 0.250 e. The number of aromatic nitrogens is 2. The van der Waals surface area contributed by atoms with Crippen LogP contribution in [0.5, 0.6) is 5.88 Å². The second-order valence-electron chi connectivity index (χ2n) is 6.25. The highest BCUT2D eigenvalue weighted by molar-refractivity contribution is 5.17. The zero-order valence-corrected chi connectivity index (χ0v) is 14.3. The van der Waals surface area contributed by atoms with E-state index in [-0.39, 0.29) is 5.56 Å². The van der Waals surface area contributed by atoms with Gasteiger partial charge in [0.05, 0.1) is 7.11 Å². The molecular weight excluding hydrogens is 304 g/mol. The molecule has 1 fully saturated rings. The van der Waals surface area contributed by atoms with E-state index in [2.05, 4.69) is 20.9 Å². The van der Waals surface area contributed by atoms with E-state index < -0.39 is 0 Å². The Morgan fingerprint density at radius 1 is 1.04 bits per heavy atom. The molecule has 3 heterocycles. The standard InChI is InChI=1S/C18H24N4O2/c1-20-6-5-15(11-18(20)23)13-21-7-9-22(10-8-21)14-16-3-4-17(24-2)19-12-16/h3-6,11-12H,7-10,13-14H2,1-2H3. The van der Waals surface area contributed by atoms with Crippen LogP contribution in [0.1, 0.15) is 11.1 Å². The summed E-state index contributed by atoms with van der Waals surface area (Å²) >= 11 is 0. The van der Waals surface area contributed by atoms with Crippen LogP contribution in [-0.2, 0) is 20.1 Å². The lowest BCUT2D eigenvalue weighted by atomic mass is 10.2. The molecule has 2 aromatic heterocycles. The quantitative estimate of drug-likeness (QED) is 0.823. The van der Waals surface area contributed by atoms with Crippen LogP contribution in [0.15, 0.2) is 41.5 Å². The SMILES string of the molecule is COc1ccc(CN2CCN(Cc3ccn(C)c(=O)c3)CC2)cn1. The Kier molecular flexibility index (Phi) is 5.27. The lowest BCUT2D eigenvalue weighted by molar-refractivity contribution is 0.122. The average molecular weight is 328 g/mol. The molecule has 1 saturated heterocycles. The molecule has 24 heavy (non-hydrogen) atoms. The van der Waals surface area contributed by atoms with Gasteiger partial charge in [-0.1, -0.05) is 6.07 Å². The molecule has 0 atom stereocenters. The molecule has 1 aliphatic rings. The summed E-state index contributed by atoms with van der Waals surface area (Å²) in [6, 6.07) is 7.73. The lowest BCUT2D eigenvalue weighted by Crippen LogP contribution is -2.45. The van der Waals surface area contributed by atoms with Crippen LogP contribution in [0.3, 0.4) is 0 Å². The Hall–Kier alpha value is -2.18. The van der Waals surface area contributed by atoms with Gasteiger partial charge in [0.15, 0.2) is 0 Å². The van der Waals surface area contributed by atoms with E-state index in [1.54, 1.807) is 24.8 Å². The molecular formula is C18H24N4O2. The molecule has 0 spiro atoms. The molecule has 3 rings (SSSR count). The van der Waals surface area contributed by atoms with Gasteiger partial charge in [0.1, 0.15) is 0 Å². The van der Waals surface area contributed by atoms with Crippen LogP contribution < -0.4 is 10.3 Å². The Balaban J connectivity index is 1.49. The van der Waals surface area contributed by atoms with Crippen LogP contribution in [0.25, 0.3) is 0 Å². The van der Waals surface area contributed by atoms with Gasteiger partial charge in [-0.2, -0.15) is 0 Å². The molecule has 1 aliphatic heterocycles. The molecule has 0 N–H and O–H groups in total. The smallest absolute Gasteiger partial charge is 0.250 e. The van der Waals surface area contributed by atoms with Gasteiger partial charge in [-0.15, -0.1) is 0 Å². The van der Waals surface area contributed by atoms with Gasteiger partial charge in [-0.05, 0) is 17.2 Å². The van der Waals surface area contributed by atoms with Crippen LogP contribution in [0.2, 0.25) is 0 Å². The summed E-state index contributed by atoms with van der Waals surface area (Å²) < 4.78 is 6.69. The summed E-state index contributed by atoms with van der Waals surface area (Å²) in [5, 5.41) is 0. The third-order valence-electron chi connectivity index (χ3n) is 4.45. The van der Waals surface area contributed by atoms with Gasteiger partial charge in [-0.3, -0.25) is 14.6 Å². The zero-order valence-electron chi connectivity index (χ0n) is 14.3. The topological polar surface area (TPSA) is 50.6 Å². The minimum absolute atomic E-state index is 0.0538. The Labute approximate surface area is 142 Å². The molecule has 0 saturated carbocycles. The summed E-state index contributed by atoms with van der Waals surface area (Å²) in [4.78, 5) is 20.8. The Morgan fingerprint density at radius 3 is 2.25 bits per heavy atom. The number of methoxy groups -OCH3 is 1. The van der Waals surface area contributed by atoms with E-state index in [1.165, 1.54) is 5.56 Å². The van der Waals surface area contributed by atoms with Crippen molar-refractivity contribution in [2.45, 2.75) is 13.1 Å². The third-order valence-corrected chi connectivity index (χ3v) is 4.45. The highest BCUT2D eigenvalue weighted by atomic mass is 16.5. The van der Waals surface area contributed by atoms with Crippen LogP contribution in [0, 0.1) is 0 Å². The van der Waals surface area contributed by atoms with E-state index in [0.717, 1.165) is 44.8 Å². The number of pyridine rings is 2. The van der Waals surface area contributed by atoms with Gasteiger partial charge >= 0.3 is 0 Å². The van der Waals surface area contributed by atoms with Crippen molar-refractivity contribution in [3.05, 3.63) is 58.1 Å². The first kappa shape index (κ1) is 16.7. The molecule has 0 amide bonds. The fourth-order valence-electron chi connectivity index (χ4n) is 2.93. The van der Waals surface area contributed by atoms with Crippen LogP contribution in [0.4, 0.5) is 0 Å². The van der Waals surface area contributed by atoms with Gasteiger partial charge in [0.2, 0.25) is 5.88 Å². The number of hydrogen-bond acceptors (Lipinski definition) is 5. The number of nitrogens with zero attached hydrogens (tertiary/aromatic N) is 4. The number of ether oxygens (including phenoxy) is 1. The molecule has 2 aromatic rings. The number of piperazine rings is 1. The second kappa shape index (κ2) is 7.59. The molecule has 0 aromatic carbocycles. The summed E-state index contributed by atoms with van der Waals surface area (Å²) in [6.45, 7) is 5.83. The average Bonchev–Trinajstić information content (AvgIpc) is 2.61. The Bertz CT molecular complexity index is 719. The van der Waals surface area contributed by atoms with Gasteiger partial charge < -0.3 is 9.30 Å². The highest BCUT2D eigenvalue weighted by Crippen LogP contribution is 2.12. The van der Waals surface area contributed by atoms with Crippen LogP contribution in [-0.4, -0.2) is 52.6 Å². The molecule has 128 valence electrons. The lowest BCUT2D eigenvalue weighted by Gasteiger charge is -2.34. The van der Waals surface area contributed by atoms with E-state index in [1.807, 2.05) is 24.5 Å². The third kappa shape index (κ3) is 4.21. The van der Waals surface area contributed by atoms with Gasteiger partial charge in [0, 0.05) is 70.8 Å². The molecule has 0 bridgehead atoms. The van der Waals surface area contributed by atoms with Gasteiger partial charge in [-0.25, -0.2) is 4.98 Å². The van der Waals surface area contributed by atoms with E-state index in [0.29, 0.717) is 5.88 Å². The maximum atomic E-state index is 11.7. The minimum atomic E-state index is 0.0538. The maximum absolute atomic E-state index is 11.7. The van der Waals surface area contributed by atoms with E-state index in [4.69, 9.17) is 4.74 Å². The minimum Gasteiger partial charge on any atom is -0.481 e. The first-order chi connectivity index (χ1) is 11.6. The van der Waals surface area contributed by atoms with Crippen LogP contribution >= 0.6 is 0 Å². The van der Waals surface area contributed by atoms with Crippen molar-refractivity contribution in [2.24, 2.45) is 7.05 Å². The van der Waals surface area contributed by atoms with Crippen molar-refractivity contribution in [3.63, 3.8) is 0 Å². The second-order valence-corrected chi connectivity index (χ2v) is 6.25. The van der Waals surface area contributed by atoms with E-state index >= 15 is 0 Å². The predicted molar refractivity (Wildman–Crippen MR) is 93.0 cm³/mol. The van der Waals surface area contributed by atoms with Crippen molar-refractivity contribution < 1.29 is 4.74 Å². The van der Waals surface area contributed by atoms with Gasteiger partial charge in [0.25, 0.3) is 5.56 Å². The molecule has 0 unspecified atom stereocenters. The number of rotatable bonds is 5. The Morgan fingerprint density at radius 2 is 1.71 bits per heavy atom. The largest absolute Gasteiger partial charge is 0.481 e. The summed E-state index contributed by atoms with van der Waals surface area (Å²) in [5.74, 6) is 0.651. The number of aryl methyl sites for hydroxylation is 1. The molecule has 6 nitrogen and oxygen atoms in total. The van der Waals surface area contributed by atoms with Crippen molar-refractivity contribution in [1.82, 2.24) is 19.4 Å². The fourth-order valence-corrected chi connectivity index (χ4v) is 2.93. The molecule has 0 radical (unpaired) electrons. The predicted octanol–water partition coefficient (Wildman–Crippen LogP) is 1.11. The van der Waals surface area contributed by atoms with Crippen molar-refractivity contribution >= 4 is 0 Å². The first-order valence-electron chi connectivity index (χ1n) is 8.23. The fraction of sp³-hybridized carbons (Fsp3) is 0.444. The normalized spacial score (nSPS) is 16.2. The molecule has 6 heteroatoms. The highest BCUT2D eigenvalue weighted by Gasteiger charge is 2.17. The van der Waals surface area contributed by atoms with Crippen molar-refractivity contribution in [1.29, 1.82) is 0 Å². The van der Waals surface area contributed by atoms with Crippen molar-refractivity contribution in [2.75, 3.05) is 33.3 Å².